The van der Waals surface area contributed by atoms with Gasteiger partial charge in [-0.25, -0.2) is 9.18 Å². The van der Waals surface area contributed by atoms with Gasteiger partial charge in [0.1, 0.15) is 5.82 Å². The number of hydrogen-bond acceptors (Lipinski definition) is 2. The highest BCUT2D eigenvalue weighted by Crippen LogP contribution is 2.22. The highest BCUT2D eigenvalue weighted by atomic mass is 79.9. The number of amides is 3. The molecule has 110 valence electrons. The van der Waals surface area contributed by atoms with E-state index in [1.54, 1.807) is 0 Å². The molecule has 1 aromatic rings. The van der Waals surface area contributed by atoms with Gasteiger partial charge in [-0.15, -0.1) is 0 Å². The molecule has 0 saturated heterocycles. The largest absolute Gasteiger partial charge is 0.354 e. The van der Waals surface area contributed by atoms with Crippen molar-refractivity contribution in [1.82, 2.24) is 10.6 Å². The first-order chi connectivity index (χ1) is 9.38. The summed E-state index contributed by atoms with van der Waals surface area (Å²) in [5.74, 6) is -0.314. The molecule has 0 heterocycles. The second-order valence-electron chi connectivity index (χ2n) is 4.63. The van der Waals surface area contributed by atoms with Gasteiger partial charge in [0, 0.05) is 11.0 Å². The van der Waals surface area contributed by atoms with Gasteiger partial charge < -0.3 is 16.0 Å². The smallest absolute Gasteiger partial charge is 0.319 e. The van der Waals surface area contributed by atoms with Gasteiger partial charge in [-0.3, -0.25) is 4.79 Å². The minimum atomic E-state index is -0.531. The van der Waals surface area contributed by atoms with Crippen LogP contribution in [0.15, 0.2) is 22.7 Å². The molecule has 0 aromatic heterocycles. The first-order valence-corrected chi connectivity index (χ1v) is 6.94. The summed E-state index contributed by atoms with van der Waals surface area (Å²) < 4.78 is 13.3. The normalized spacial score (nSPS) is 10.2. The fourth-order valence-corrected chi connectivity index (χ4v) is 1.75. The number of benzene rings is 1. The molecule has 0 fully saturated rings. The van der Waals surface area contributed by atoms with Crippen molar-refractivity contribution in [2.24, 2.45) is 5.92 Å². The summed E-state index contributed by atoms with van der Waals surface area (Å²) in [6.07, 6.45) is 0. The monoisotopic (exact) mass is 345 g/mol. The molecule has 0 spiro atoms. The van der Waals surface area contributed by atoms with Crippen LogP contribution in [0, 0.1) is 11.7 Å². The van der Waals surface area contributed by atoms with E-state index in [9.17, 15) is 14.0 Å². The lowest BCUT2D eigenvalue weighted by Gasteiger charge is -2.10. The van der Waals surface area contributed by atoms with Crippen molar-refractivity contribution in [1.29, 1.82) is 0 Å². The minimum Gasteiger partial charge on any atom is -0.354 e. The summed E-state index contributed by atoms with van der Waals surface area (Å²) in [6, 6.07) is 3.37. The van der Waals surface area contributed by atoms with E-state index in [4.69, 9.17) is 0 Å². The second-order valence-corrected chi connectivity index (χ2v) is 5.48. The van der Waals surface area contributed by atoms with Crippen LogP contribution in [-0.4, -0.2) is 25.0 Å². The van der Waals surface area contributed by atoms with Crippen molar-refractivity contribution in [3.8, 4) is 0 Å². The van der Waals surface area contributed by atoms with Gasteiger partial charge in [0.15, 0.2) is 0 Å². The molecule has 1 rings (SSSR count). The number of carbonyl (C=O) groups is 2. The lowest BCUT2D eigenvalue weighted by atomic mass is 10.2. The summed E-state index contributed by atoms with van der Waals surface area (Å²) in [5.41, 5.74) is 0.423. The first kappa shape index (κ1) is 16.4. The maximum atomic E-state index is 12.9. The zero-order chi connectivity index (χ0) is 15.1. The quantitative estimate of drug-likeness (QED) is 0.767. The van der Waals surface area contributed by atoms with Crippen LogP contribution in [0.1, 0.15) is 13.8 Å². The first-order valence-electron chi connectivity index (χ1n) is 6.15. The molecule has 3 N–H and O–H groups in total. The molecule has 3 amide bonds. The third-order valence-electron chi connectivity index (χ3n) is 2.30. The molecule has 1 aromatic carbocycles. The fourth-order valence-electron chi connectivity index (χ4n) is 1.30. The Morgan fingerprint density at radius 1 is 1.30 bits per heavy atom. The number of hydrogen-bond donors (Lipinski definition) is 3. The Balaban J connectivity index is 2.38. The molecule has 7 heteroatoms. The molecule has 20 heavy (non-hydrogen) atoms. The topological polar surface area (TPSA) is 70.2 Å². The van der Waals surface area contributed by atoms with E-state index in [0.29, 0.717) is 22.6 Å². The molecule has 0 atom stereocenters. The highest BCUT2D eigenvalue weighted by molar-refractivity contribution is 9.10. The number of nitrogens with one attached hydrogen (secondary N) is 3. The zero-order valence-electron chi connectivity index (χ0n) is 11.3. The van der Waals surface area contributed by atoms with Gasteiger partial charge in [-0.05, 0) is 40.0 Å². The molecule has 0 aliphatic heterocycles. The van der Waals surface area contributed by atoms with Crippen molar-refractivity contribution in [2.45, 2.75) is 13.8 Å². The van der Waals surface area contributed by atoms with Crippen LogP contribution in [0.25, 0.3) is 0 Å². The van der Waals surface area contributed by atoms with Crippen molar-refractivity contribution in [3.05, 3.63) is 28.5 Å². The maximum Gasteiger partial charge on any atom is 0.319 e. The third kappa shape index (κ3) is 6.01. The summed E-state index contributed by atoms with van der Waals surface area (Å²) >= 11 is 3.13. The van der Waals surface area contributed by atoms with Crippen LogP contribution in [0.3, 0.4) is 0 Å². The average molecular weight is 346 g/mol. The molecule has 0 saturated carbocycles. The van der Waals surface area contributed by atoms with Gasteiger partial charge in [-0.2, -0.15) is 0 Å². The third-order valence-corrected chi connectivity index (χ3v) is 2.95. The number of carbonyl (C=O) groups excluding carboxylic acids is 2. The Morgan fingerprint density at radius 2 is 2.00 bits per heavy atom. The van der Waals surface area contributed by atoms with E-state index in [0.717, 1.165) is 0 Å². The van der Waals surface area contributed by atoms with Gasteiger partial charge >= 0.3 is 6.03 Å². The van der Waals surface area contributed by atoms with Gasteiger partial charge in [0.25, 0.3) is 0 Å². The fraction of sp³-hybridized carbons (Fsp3) is 0.385. The molecular formula is C13H17BrFN3O2. The summed E-state index contributed by atoms with van der Waals surface area (Å²) in [5, 5.41) is 7.61. The van der Waals surface area contributed by atoms with Crippen LogP contribution < -0.4 is 16.0 Å². The lowest BCUT2D eigenvalue weighted by molar-refractivity contribution is -0.120. The second kappa shape index (κ2) is 7.84. The minimum absolute atomic E-state index is 0.114. The van der Waals surface area contributed by atoms with Crippen molar-refractivity contribution < 1.29 is 14.0 Å². The van der Waals surface area contributed by atoms with Gasteiger partial charge in [0.05, 0.1) is 12.2 Å². The van der Waals surface area contributed by atoms with Gasteiger partial charge in [0.2, 0.25) is 5.91 Å². The van der Waals surface area contributed by atoms with Crippen molar-refractivity contribution in [2.75, 3.05) is 18.4 Å². The molecule has 0 aliphatic carbocycles. The average Bonchev–Trinajstić information content (AvgIpc) is 2.37. The predicted molar refractivity (Wildman–Crippen MR) is 79.0 cm³/mol. The van der Waals surface area contributed by atoms with E-state index in [1.165, 1.54) is 18.2 Å². The standard InChI is InChI=1S/C13H17BrFN3O2/c1-8(2)6-16-12(19)7-17-13(20)18-11-4-3-9(15)5-10(11)14/h3-5,8H,6-7H2,1-2H3,(H,16,19)(H2,17,18,20). The Labute approximate surface area is 125 Å². The Hall–Kier alpha value is -1.63. The van der Waals surface area contributed by atoms with E-state index < -0.39 is 11.8 Å². The number of anilines is 1. The summed E-state index contributed by atoms with van der Waals surface area (Å²) in [4.78, 5) is 23.0. The maximum absolute atomic E-state index is 12.9. The molecule has 0 unspecified atom stereocenters. The van der Waals surface area contributed by atoms with Crippen LogP contribution in [0.4, 0.5) is 14.9 Å². The van der Waals surface area contributed by atoms with Crippen LogP contribution in [0.5, 0.6) is 0 Å². The molecule has 0 aliphatic rings. The van der Waals surface area contributed by atoms with Crippen LogP contribution in [-0.2, 0) is 4.79 Å². The van der Waals surface area contributed by atoms with E-state index in [1.807, 2.05) is 13.8 Å². The van der Waals surface area contributed by atoms with E-state index in [2.05, 4.69) is 31.9 Å². The number of rotatable bonds is 5. The molecular weight excluding hydrogens is 329 g/mol. The predicted octanol–water partition coefficient (Wildman–Crippen LogP) is 2.48. The number of halogens is 2. The molecule has 5 nitrogen and oxygen atoms in total. The Kier molecular flexibility index (Phi) is 6.44. The van der Waals surface area contributed by atoms with Crippen molar-refractivity contribution >= 4 is 33.6 Å². The van der Waals surface area contributed by atoms with Crippen molar-refractivity contribution in [3.63, 3.8) is 0 Å². The highest BCUT2D eigenvalue weighted by Gasteiger charge is 2.08. The van der Waals surface area contributed by atoms with E-state index >= 15 is 0 Å². The summed E-state index contributed by atoms with van der Waals surface area (Å²) in [7, 11) is 0. The molecule has 0 bridgehead atoms. The van der Waals surface area contributed by atoms with Crippen LogP contribution in [0.2, 0.25) is 0 Å². The summed E-state index contributed by atoms with van der Waals surface area (Å²) in [6.45, 7) is 4.40. The zero-order valence-corrected chi connectivity index (χ0v) is 12.9. The SMILES string of the molecule is CC(C)CNC(=O)CNC(=O)Nc1ccc(F)cc1Br. The van der Waals surface area contributed by atoms with E-state index in [-0.39, 0.29) is 12.5 Å². The van der Waals surface area contributed by atoms with Crippen LogP contribution >= 0.6 is 15.9 Å². The number of urea groups is 1. The lowest BCUT2D eigenvalue weighted by Crippen LogP contribution is -2.40. The Morgan fingerprint density at radius 3 is 2.60 bits per heavy atom. The van der Waals surface area contributed by atoms with Gasteiger partial charge in [-0.1, -0.05) is 13.8 Å². The Bertz CT molecular complexity index is 495. The molecule has 0 radical (unpaired) electrons.